The third-order valence-corrected chi connectivity index (χ3v) is 4.98. The Labute approximate surface area is 138 Å². The van der Waals surface area contributed by atoms with E-state index in [1.165, 1.54) is 57.8 Å². The fourth-order valence-corrected chi connectivity index (χ4v) is 3.50. The van der Waals surface area contributed by atoms with Crippen LogP contribution in [0.4, 0.5) is 0 Å². The van der Waals surface area contributed by atoms with Crippen molar-refractivity contribution in [3.05, 3.63) is 0 Å². The average Bonchev–Trinajstić information content (AvgIpc) is 2.54. The fraction of sp³-hybridized carbons (Fsp3) is 0.947. The van der Waals surface area contributed by atoms with Crippen LogP contribution in [0.25, 0.3) is 0 Å². The molecule has 1 amide bonds. The van der Waals surface area contributed by atoms with Crippen molar-refractivity contribution in [2.24, 2.45) is 5.92 Å². The van der Waals surface area contributed by atoms with Gasteiger partial charge in [-0.05, 0) is 32.1 Å². The van der Waals surface area contributed by atoms with E-state index in [2.05, 4.69) is 25.8 Å². The number of nitrogens with zero attached hydrogens (tertiary/aromatic N) is 2. The molecule has 0 aromatic heterocycles. The lowest BCUT2D eigenvalue weighted by Crippen LogP contribution is -2.49. The molecule has 1 heterocycles. The molecule has 0 radical (unpaired) electrons. The van der Waals surface area contributed by atoms with Crippen LogP contribution in [0.2, 0.25) is 0 Å². The Morgan fingerprint density at radius 2 is 1.59 bits per heavy atom. The normalized spacial score (nSPS) is 16.9. The molecule has 0 aromatic rings. The van der Waals surface area contributed by atoms with E-state index in [-0.39, 0.29) is 0 Å². The quantitative estimate of drug-likeness (QED) is 0.501. The molecule has 1 saturated heterocycles. The van der Waals surface area contributed by atoms with Crippen LogP contribution in [0.3, 0.4) is 0 Å². The monoisotopic (exact) mass is 310 g/mol. The molecule has 0 bridgehead atoms. The zero-order chi connectivity index (χ0) is 16.2. The molecule has 0 aliphatic carbocycles. The van der Waals surface area contributed by atoms with Crippen LogP contribution >= 0.6 is 0 Å². The Kier molecular flexibility index (Phi) is 10.6. The van der Waals surface area contributed by atoms with E-state index in [1.807, 2.05) is 5.01 Å². The van der Waals surface area contributed by atoms with E-state index < -0.39 is 0 Å². The van der Waals surface area contributed by atoms with E-state index >= 15 is 0 Å². The summed E-state index contributed by atoms with van der Waals surface area (Å²) in [4.78, 5) is 12.4. The first-order valence-corrected chi connectivity index (χ1v) is 9.78. The summed E-state index contributed by atoms with van der Waals surface area (Å²) in [5, 5.41) is 4.33. The van der Waals surface area contributed by atoms with Crippen molar-refractivity contribution in [2.45, 2.75) is 91.4 Å². The van der Waals surface area contributed by atoms with Crippen molar-refractivity contribution < 1.29 is 4.79 Å². The van der Waals surface area contributed by atoms with Crippen molar-refractivity contribution in [3.63, 3.8) is 0 Å². The van der Waals surface area contributed by atoms with Gasteiger partial charge in [-0.3, -0.25) is 9.80 Å². The van der Waals surface area contributed by atoms with Crippen molar-refractivity contribution in [2.75, 3.05) is 19.6 Å². The lowest BCUT2D eigenvalue weighted by Gasteiger charge is -2.39. The molecule has 3 heteroatoms. The Bertz CT molecular complexity index is 285. The highest BCUT2D eigenvalue weighted by Crippen LogP contribution is 2.24. The van der Waals surface area contributed by atoms with Crippen LogP contribution in [-0.4, -0.2) is 35.6 Å². The third-order valence-electron chi connectivity index (χ3n) is 4.98. The van der Waals surface area contributed by atoms with Crippen LogP contribution in [0, 0.1) is 5.92 Å². The number of rotatable bonds is 11. The lowest BCUT2D eigenvalue weighted by molar-refractivity contribution is -0.151. The Morgan fingerprint density at radius 3 is 2.18 bits per heavy atom. The second-order valence-corrected chi connectivity index (χ2v) is 6.81. The summed E-state index contributed by atoms with van der Waals surface area (Å²) in [7, 11) is 0. The van der Waals surface area contributed by atoms with Crippen LogP contribution in [0.15, 0.2) is 0 Å². The van der Waals surface area contributed by atoms with Crippen LogP contribution < -0.4 is 0 Å². The van der Waals surface area contributed by atoms with Crippen LogP contribution in [0.1, 0.15) is 91.4 Å². The van der Waals surface area contributed by atoms with Gasteiger partial charge in [0.1, 0.15) is 0 Å². The first-order valence-electron chi connectivity index (χ1n) is 9.78. The van der Waals surface area contributed by atoms with Crippen LogP contribution in [-0.2, 0) is 4.79 Å². The summed E-state index contributed by atoms with van der Waals surface area (Å²) in [6, 6.07) is 0. The summed E-state index contributed by atoms with van der Waals surface area (Å²) in [6.07, 6.45) is 13.5. The molecule has 1 rings (SSSR count). The first kappa shape index (κ1) is 19.5. The molecule has 0 N–H and O–H groups in total. The molecule has 130 valence electrons. The van der Waals surface area contributed by atoms with E-state index in [0.717, 1.165) is 38.4 Å². The summed E-state index contributed by atoms with van der Waals surface area (Å²) in [6.45, 7) is 9.54. The fourth-order valence-electron chi connectivity index (χ4n) is 3.50. The molecule has 1 fully saturated rings. The number of carbonyl (C=O) groups is 1. The van der Waals surface area contributed by atoms with Gasteiger partial charge in [-0.25, -0.2) is 5.01 Å². The summed E-state index contributed by atoms with van der Waals surface area (Å²) < 4.78 is 0. The van der Waals surface area contributed by atoms with E-state index in [9.17, 15) is 4.79 Å². The molecule has 22 heavy (non-hydrogen) atoms. The molecular formula is C19H38N2O. The molecule has 1 aliphatic heterocycles. The predicted octanol–water partition coefficient (Wildman–Crippen LogP) is 5.01. The van der Waals surface area contributed by atoms with Gasteiger partial charge in [0.15, 0.2) is 0 Å². The highest BCUT2D eigenvalue weighted by Gasteiger charge is 2.25. The van der Waals surface area contributed by atoms with E-state index in [0.29, 0.717) is 5.91 Å². The topological polar surface area (TPSA) is 23.6 Å². The van der Waals surface area contributed by atoms with Gasteiger partial charge in [0, 0.05) is 26.1 Å². The Morgan fingerprint density at radius 1 is 0.955 bits per heavy atom. The van der Waals surface area contributed by atoms with Gasteiger partial charge in [-0.2, -0.15) is 0 Å². The van der Waals surface area contributed by atoms with Crippen LogP contribution in [0.5, 0.6) is 0 Å². The zero-order valence-electron chi connectivity index (χ0n) is 15.3. The van der Waals surface area contributed by atoms with Crippen molar-refractivity contribution in [1.82, 2.24) is 10.0 Å². The first-order chi connectivity index (χ1) is 10.7. The van der Waals surface area contributed by atoms with Crippen molar-refractivity contribution in [1.29, 1.82) is 0 Å². The molecule has 0 saturated carbocycles. The van der Waals surface area contributed by atoms with Gasteiger partial charge in [-0.15, -0.1) is 0 Å². The summed E-state index contributed by atoms with van der Waals surface area (Å²) in [5.74, 6) is 1.22. The molecule has 3 nitrogen and oxygen atoms in total. The number of carbonyl (C=O) groups excluding carboxylic acids is 1. The predicted molar refractivity (Wildman–Crippen MR) is 94.6 cm³/mol. The maximum absolute atomic E-state index is 12.4. The molecule has 0 aromatic carbocycles. The maximum Gasteiger partial charge on any atom is 0.236 e. The minimum atomic E-state index is 0.331. The van der Waals surface area contributed by atoms with E-state index in [4.69, 9.17) is 0 Å². The smallest absolute Gasteiger partial charge is 0.236 e. The van der Waals surface area contributed by atoms with Crippen molar-refractivity contribution in [3.8, 4) is 0 Å². The minimum absolute atomic E-state index is 0.331. The third kappa shape index (κ3) is 7.13. The highest BCUT2D eigenvalue weighted by atomic mass is 16.2. The van der Waals surface area contributed by atoms with Gasteiger partial charge < -0.3 is 0 Å². The van der Waals surface area contributed by atoms with Gasteiger partial charge in [0.2, 0.25) is 5.91 Å². The summed E-state index contributed by atoms with van der Waals surface area (Å²) in [5.41, 5.74) is 0. The molecule has 0 unspecified atom stereocenters. The number of piperidine rings is 1. The number of unbranched alkanes of at least 4 members (excludes halogenated alkanes) is 5. The van der Waals surface area contributed by atoms with Gasteiger partial charge >= 0.3 is 0 Å². The second-order valence-electron chi connectivity index (χ2n) is 6.81. The lowest BCUT2D eigenvalue weighted by atomic mass is 9.91. The molecular weight excluding hydrogens is 272 g/mol. The second kappa shape index (κ2) is 11.9. The van der Waals surface area contributed by atoms with Gasteiger partial charge in [0.05, 0.1) is 0 Å². The molecule has 0 atom stereocenters. The van der Waals surface area contributed by atoms with Gasteiger partial charge in [0.25, 0.3) is 0 Å². The zero-order valence-corrected chi connectivity index (χ0v) is 15.3. The number of hydrazine groups is 1. The minimum Gasteiger partial charge on any atom is -0.276 e. The maximum atomic E-state index is 12.4. The highest BCUT2D eigenvalue weighted by molar-refractivity contribution is 5.75. The molecule has 1 aliphatic rings. The Balaban J connectivity index is 2.27. The van der Waals surface area contributed by atoms with Gasteiger partial charge in [-0.1, -0.05) is 58.8 Å². The largest absolute Gasteiger partial charge is 0.276 e. The standard InChI is InChI=1S/C19H38N2O/c1-4-7-9-11-12-18-14-16-20(17-15-18)21(6-3)19(22)13-10-8-5-2/h18H,4-17H2,1-3H3. The van der Waals surface area contributed by atoms with E-state index in [1.54, 1.807) is 0 Å². The number of hydrogen-bond acceptors (Lipinski definition) is 2. The average molecular weight is 311 g/mol. The SMILES string of the molecule is CCCCCCC1CCN(N(CC)C(=O)CCCCC)CC1. The summed E-state index contributed by atoms with van der Waals surface area (Å²) >= 11 is 0. The number of amides is 1. The Hall–Kier alpha value is -0.570. The number of hydrogen-bond donors (Lipinski definition) is 0. The van der Waals surface area contributed by atoms with Crippen molar-refractivity contribution >= 4 is 5.91 Å². The molecule has 0 spiro atoms.